The number of nitrogens with one attached hydrogen (secondary N) is 1. The molecule has 1 N–H and O–H groups in total. The van der Waals surface area contributed by atoms with Gasteiger partial charge in [-0.2, -0.15) is 5.26 Å². The number of benzene rings is 1. The Hall–Kier alpha value is -1.54. The normalized spacial score (nSPS) is 14.1. The van der Waals surface area contributed by atoms with Gasteiger partial charge in [-0.3, -0.25) is 4.79 Å². The lowest BCUT2D eigenvalue weighted by Crippen LogP contribution is -2.38. The van der Waals surface area contributed by atoms with E-state index in [1.807, 2.05) is 24.3 Å². The number of amides is 1. The van der Waals surface area contributed by atoms with Crippen molar-refractivity contribution in [2.75, 3.05) is 23.3 Å². The zero-order valence-electron chi connectivity index (χ0n) is 7.83. The number of nitrogens with zero attached hydrogens (tertiary/aromatic N) is 2. The number of hydrogen-bond donors (Lipinski definition) is 1. The highest BCUT2D eigenvalue weighted by molar-refractivity contribution is 9.10. The molecule has 15 heavy (non-hydrogen) atoms. The first-order chi connectivity index (χ1) is 7.20. The van der Waals surface area contributed by atoms with Crippen molar-refractivity contribution in [3.05, 3.63) is 22.7 Å². The van der Waals surface area contributed by atoms with E-state index in [0.717, 1.165) is 15.8 Å². The Labute approximate surface area is 95.6 Å². The Kier molecular flexibility index (Phi) is 2.60. The molecule has 0 atom stereocenters. The van der Waals surface area contributed by atoms with Crippen molar-refractivity contribution in [1.82, 2.24) is 0 Å². The molecule has 0 aliphatic carbocycles. The Balaban J connectivity index is 2.42. The molecule has 0 spiro atoms. The Morgan fingerprint density at radius 3 is 3.13 bits per heavy atom. The standard InChI is InChI=1S/C10H8BrN3O/c11-7-1-2-9-8(5-7)13-10(15)6-14(9)4-3-12/h1-2,5H,4,6H2,(H,13,15). The summed E-state index contributed by atoms with van der Waals surface area (Å²) >= 11 is 3.33. The monoisotopic (exact) mass is 265 g/mol. The molecule has 1 aliphatic rings. The van der Waals surface area contributed by atoms with Gasteiger partial charge in [0.2, 0.25) is 5.91 Å². The SMILES string of the molecule is N#CCN1CC(=O)Nc2cc(Br)ccc21. The maximum absolute atomic E-state index is 11.3. The first-order valence-corrected chi connectivity index (χ1v) is 5.21. The molecule has 2 rings (SSSR count). The van der Waals surface area contributed by atoms with Crippen LogP contribution in [0.2, 0.25) is 0 Å². The predicted octanol–water partition coefficient (Wildman–Crippen LogP) is 1.73. The molecule has 1 heterocycles. The molecule has 0 fully saturated rings. The van der Waals surface area contributed by atoms with E-state index < -0.39 is 0 Å². The first-order valence-electron chi connectivity index (χ1n) is 4.42. The van der Waals surface area contributed by atoms with E-state index in [0.29, 0.717) is 0 Å². The summed E-state index contributed by atoms with van der Waals surface area (Å²) in [4.78, 5) is 13.1. The van der Waals surface area contributed by atoms with Crippen LogP contribution in [0.1, 0.15) is 0 Å². The summed E-state index contributed by atoms with van der Waals surface area (Å²) in [5.74, 6) is -0.0872. The van der Waals surface area contributed by atoms with Crippen molar-refractivity contribution in [2.45, 2.75) is 0 Å². The largest absolute Gasteiger partial charge is 0.347 e. The maximum atomic E-state index is 11.3. The van der Waals surface area contributed by atoms with Crippen LogP contribution in [0.3, 0.4) is 0 Å². The first kappa shape index (κ1) is 9.99. The summed E-state index contributed by atoms with van der Waals surface area (Å²) in [6.07, 6.45) is 0. The molecule has 0 saturated heterocycles. The maximum Gasteiger partial charge on any atom is 0.243 e. The summed E-state index contributed by atoms with van der Waals surface area (Å²) in [6.45, 7) is 0.463. The van der Waals surface area contributed by atoms with Crippen LogP contribution < -0.4 is 10.2 Å². The molecule has 1 amide bonds. The van der Waals surface area contributed by atoms with Gasteiger partial charge in [0.05, 0.1) is 24.0 Å². The van der Waals surface area contributed by atoms with Crippen molar-refractivity contribution < 1.29 is 4.79 Å². The number of anilines is 2. The highest BCUT2D eigenvalue weighted by Gasteiger charge is 2.21. The molecular formula is C10H8BrN3O. The van der Waals surface area contributed by atoms with Crippen LogP contribution in [0.4, 0.5) is 11.4 Å². The molecule has 1 aliphatic heterocycles. The molecule has 0 unspecified atom stereocenters. The number of hydrogen-bond acceptors (Lipinski definition) is 3. The minimum atomic E-state index is -0.0872. The summed E-state index contributed by atoms with van der Waals surface area (Å²) < 4.78 is 0.903. The van der Waals surface area contributed by atoms with Crippen LogP contribution in [0, 0.1) is 11.3 Å². The molecule has 76 valence electrons. The van der Waals surface area contributed by atoms with E-state index in [-0.39, 0.29) is 19.0 Å². The number of carbonyl (C=O) groups excluding carboxylic acids is 1. The molecule has 0 aromatic heterocycles. The predicted molar refractivity (Wildman–Crippen MR) is 60.6 cm³/mol. The molecule has 4 nitrogen and oxygen atoms in total. The van der Waals surface area contributed by atoms with Crippen LogP contribution in [0.15, 0.2) is 22.7 Å². The highest BCUT2D eigenvalue weighted by atomic mass is 79.9. The van der Waals surface area contributed by atoms with Crippen molar-refractivity contribution >= 4 is 33.2 Å². The van der Waals surface area contributed by atoms with Gasteiger partial charge in [-0.25, -0.2) is 0 Å². The second kappa shape index (κ2) is 3.91. The third kappa shape index (κ3) is 1.95. The van der Waals surface area contributed by atoms with Crippen LogP contribution in [-0.4, -0.2) is 19.0 Å². The highest BCUT2D eigenvalue weighted by Crippen LogP contribution is 2.31. The molecule has 1 aromatic carbocycles. The summed E-state index contributed by atoms with van der Waals surface area (Å²) in [5, 5.41) is 11.4. The van der Waals surface area contributed by atoms with Gasteiger partial charge >= 0.3 is 0 Å². The van der Waals surface area contributed by atoms with E-state index in [1.165, 1.54) is 0 Å². The minimum Gasteiger partial charge on any atom is -0.347 e. The Bertz CT molecular complexity index is 452. The molecule has 0 bridgehead atoms. The number of rotatable bonds is 1. The molecule has 0 radical (unpaired) electrons. The van der Waals surface area contributed by atoms with Crippen LogP contribution in [0.25, 0.3) is 0 Å². The van der Waals surface area contributed by atoms with Gasteiger partial charge in [0.1, 0.15) is 6.54 Å². The smallest absolute Gasteiger partial charge is 0.243 e. The fourth-order valence-electron chi connectivity index (χ4n) is 1.56. The summed E-state index contributed by atoms with van der Waals surface area (Å²) in [7, 11) is 0. The van der Waals surface area contributed by atoms with Crippen LogP contribution in [-0.2, 0) is 4.79 Å². The summed E-state index contributed by atoms with van der Waals surface area (Å²) in [6, 6.07) is 7.65. The van der Waals surface area contributed by atoms with Crippen molar-refractivity contribution in [3.8, 4) is 6.07 Å². The van der Waals surface area contributed by atoms with Gasteiger partial charge in [0.15, 0.2) is 0 Å². The van der Waals surface area contributed by atoms with Gasteiger partial charge in [-0.15, -0.1) is 0 Å². The molecular weight excluding hydrogens is 258 g/mol. The molecule has 1 aromatic rings. The van der Waals surface area contributed by atoms with Gasteiger partial charge in [-0.05, 0) is 18.2 Å². The second-order valence-electron chi connectivity index (χ2n) is 3.22. The van der Waals surface area contributed by atoms with E-state index in [9.17, 15) is 4.79 Å². The Morgan fingerprint density at radius 1 is 1.60 bits per heavy atom. The zero-order valence-corrected chi connectivity index (χ0v) is 9.41. The van der Waals surface area contributed by atoms with Crippen molar-refractivity contribution in [3.63, 3.8) is 0 Å². The van der Waals surface area contributed by atoms with Gasteiger partial charge < -0.3 is 10.2 Å². The number of carbonyl (C=O) groups is 1. The Morgan fingerprint density at radius 2 is 2.40 bits per heavy atom. The number of halogens is 1. The van der Waals surface area contributed by atoms with Crippen molar-refractivity contribution in [2.24, 2.45) is 0 Å². The second-order valence-corrected chi connectivity index (χ2v) is 4.14. The fraction of sp³-hybridized carbons (Fsp3) is 0.200. The quantitative estimate of drug-likeness (QED) is 0.787. The lowest BCUT2D eigenvalue weighted by Gasteiger charge is -2.28. The minimum absolute atomic E-state index is 0.0872. The van der Waals surface area contributed by atoms with Crippen LogP contribution in [0.5, 0.6) is 0 Å². The van der Waals surface area contributed by atoms with Crippen molar-refractivity contribution in [1.29, 1.82) is 5.26 Å². The third-order valence-electron chi connectivity index (χ3n) is 2.17. The number of fused-ring (bicyclic) bond motifs is 1. The fourth-order valence-corrected chi connectivity index (χ4v) is 1.92. The van der Waals surface area contributed by atoms with Gasteiger partial charge in [0.25, 0.3) is 0 Å². The third-order valence-corrected chi connectivity index (χ3v) is 2.66. The topological polar surface area (TPSA) is 56.1 Å². The van der Waals surface area contributed by atoms with E-state index in [1.54, 1.807) is 4.90 Å². The van der Waals surface area contributed by atoms with Crippen LogP contribution >= 0.6 is 15.9 Å². The number of nitriles is 1. The molecule has 5 heteroatoms. The zero-order chi connectivity index (χ0) is 10.8. The van der Waals surface area contributed by atoms with E-state index >= 15 is 0 Å². The van der Waals surface area contributed by atoms with Gasteiger partial charge in [-0.1, -0.05) is 15.9 Å². The average Bonchev–Trinajstić information content (AvgIpc) is 2.17. The average molecular weight is 266 g/mol. The summed E-state index contributed by atoms with van der Waals surface area (Å²) in [5.41, 5.74) is 1.63. The lowest BCUT2D eigenvalue weighted by atomic mass is 10.2. The molecule has 0 saturated carbocycles. The van der Waals surface area contributed by atoms with E-state index in [2.05, 4.69) is 21.2 Å². The van der Waals surface area contributed by atoms with Gasteiger partial charge in [0, 0.05) is 4.47 Å². The lowest BCUT2D eigenvalue weighted by molar-refractivity contribution is -0.115. The van der Waals surface area contributed by atoms with E-state index in [4.69, 9.17) is 5.26 Å².